The van der Waals surface area contributed by atoms with Crippen LogP contribution in [0.1, 0.15) is 41.5 Å². The first-order valence-electron chi connectivity index (χ1n) is 6.71. The van der Waals surface area contributed by atoms with E-state index in [-0.39, 0.29) is 0 Å². The van der Waals surface area contributed by atoms with Crippen LogP contribution < -0.4 is 0 Å². The van der Waals surface area contributed by atoms with Crippen LogP contribution >= 0.6 is 0 Å². The van der Waals surface area contributed by atoms with Gasteiger partial charge in [0.1, 0.15) is 0 Å². The van der Waals surface area contributed by atoms with Gasteiger partial charge in [0.15, 0.2) is 6.29 Å². The Morgan fingerprint density at radius 3 is 2.67 bits per heavy atom. The lowest BCUT2D eigenvalue weighted by atomic mass is 10.1. The number of hydrogen-bond acceptors (Lipinski definition) is 4. The summed E-state index contributed by atoms with van der Waals surface area (Å²) in [6, 6.07) is 3.15. The average Bonchev–Trinajstić information content (AvgIpc) is 2.69. The predicted molar refractivity (Wildman–Crippen MR) is 81.0 cm³/mol. The fourth-order valence-corrected chi connectivity index (χ4v) is 3.97. The molecule has 0 saturated carbocycles. The number of carbonyl (C=O) groups is 1. The van der Waals surface area contributed by atoms with Gasteiger partial charge in [0.2, 0.25) is 10.0 Å². The molecular formula is C14H19N3O3S. The van der Waals surface area contributed by atoms with Crippen molar-refractivity contribution in [2.75, 3.05) is 12.8 Å². The number of nitrogens with zero attached hydrogens (tertiary/aromatic N) is 3. The second kappa shape index (κ2) is 5.57. The van der Waals surface area contributed by atoms with E-state index in [0.29, 0.717) is 17.6 Å². The van der Waals surface area contributed by atoms with Gasteiger partial charge in [-0.2, -0.15) is 9.40 Å². The molecule has 0 radical (unpaired) electrons. The standard InChI is InChI=1S/C14H19N3O3S/c1-5-16(21(4,19)20)11(3)14-10(2)12(9-18)13-7-6-8-15-17(13)14/h6-9,11H,5H2,1-4H3. The number of fused-ring (bicyclic) bond motifs is 1. The van der Waals surface area contributed by atoms with Crippen molar-refractivity contribution >= 4 is 21.8 Å². The molecule has 114 valence electrons. The molecule has 0 amide bonds. The maximum Gasteiger partial charge on any atom is 0.211 e. The molecule has 0 aliphatic heterocycles. The van der Waals surface area contributed by atoms with E-state index in [1.807, 2.05) is 13.8 Å². The monoisotopic (exact) mass is 309 g/mol. The molecular weight excluding hydrogens is 290 g/mol. The van der Waals surface area contributed by atoms with Gasteiger partial charge in [0.05, 0.1) is 23.5 Å². The minimum absolute atomic E-state index is 0.357. The number of aldehydes is 1. The highest BCUT2D eigenvalue weighted by atomic mass is 32.2. The van der Waals surface area contributed by atoms with Gasteiger partial charge in [0.25, 0.3) is 0 Å². The molecule has 1 atom stereocenters. The van der Waals surface area contributed by atoms with E-state index in [2.05, 4.69) is 5.10 Å². The van der Waals surface area contributed by atoms with Gasteiger partial charge >= 0.3 is 0 Å². The first kappa shape index (κ1) is 15.7. The zero-order valence-corrected chi connectivity index (χ0v) is 13.4. The van der Waals surface area contributed by atoms with Crippen LogP contribution in [0.4, 0.5) is 0 Å². The minimum Gasteiger partial charge on any atom is -0.298 e. The topological polar surface area (TPSA) is 71.8 Å². The summed E-state index contributed by atoms with van der Waals surface area (Å²) < 4.78 is 26.9. The molecule has 2 aromatic heterocycles. The number of rotatable bonds is 5. The fourth-order valence-electron chi connectivity index (χ4n) is 2.83. The van der Waals surface area contributed by atoms with E-state index in [4.69, 9.17) is 0 Å². The van der Waals surface area contributed by atoms with Gasteiger partial charge in [0, 0.05) is 18.3 Å². The van der Waals surface area contributed by atoms with Crippen molar-refractivity contribution < 1.29 is 13.2 Å². The molecule has 6 nitrogen and oxygen atoms in total. The molecule has 2 rings (SSSR count). The Balaban J connectivity index is 2.72. The number of aromatic nitrogens is 2. The Morgan fingerprint density at radius 1 is 1.48 bits per heavy atom. The molecule has 0 aliphatic rings. The number of carbonyl (C=O) groups excluding carboxylic acids is 1. The summed E-state index contributed by atoms with van der Waals surface area (Å²) in [6.45, 7) is 5.77. The maximum absolute atomic E-state index is 11.9. The van der Waals surface area contributed by atoms with Crippen molar-refractivity contribution in [3.05, 3.63) is 35.2 Å². The zero-order valence-electron chi connectivity index (χ0n) is 12.6. The Hall–Kier alpha value is -1.73. The SMILES string of the molecule is CCN(C(C)c1c(C)c(C=O)c2cccnn12)S(C)(=O)=O. The van der Waals surface area contributed by atoms with Crippen LogP contribution in [0, 0.1) is 6.92 Å². The van der Waals surface area contributed by atoms with Crippen molar-refractivity contribution in [2.45, 2.75) is 26.8 Å². The summed E-state index contributed by atoms with van der Waals surface area (Å²) in [5.74, 6) is 0. The molecule has 7 heteroatoms. The van der Waals surface area contributed by atoms with Crippen molar-refractivity contribution in [3.63, 3.8) is 0 Å². The van der Waals surface area contributed by atoms with Crippen LogP contribution in [0.3, 0.4) is 0 Å². The van der Waals surface area contributed by atoms with Gasteiger partial charge in [-0.25, -0.2) is 12.9 Å². The quantitative estimate of drug-likeness (QED) is 0.790. The van der Waals surface area contributed by atoms with E-state index in [1.54, 1.807) is 29.8 Å². The molecule has 0 spiro atoms. The third kappa shape index (κ3) is 2.58. The largest absolute Gasteiger partial charge is 0.298 e. The van der Waals surface area contributed by atoms with Crippen LogP contribution in [0.2, 0.25) is 0 Å². The van der Waals surface area contributed by atoms with Crippen molar-refractivity contribution in [1.82, 2.24) is 13.9 Å². The highest BCUT2D eigenvalue weighted by Crippen LogP contribution is 2.30. The van der Waals surface area contributed by atoms with Gasteiger partial charge in [-0.3, -0.25) is 4.79 Å². The Morgan fingerprint density at radius 2 is 2.14 bits per heavy atom. The van der Waals surface area contributed by atoms with Crippen LogP contribution in [0.25, 0.3) is 5.52 Å². The molecule has 21 heavy (non-hydrogen) atoms. The molecule has 1 unspecified atom stereocenters. The highest BCUT2D eigenvalue weighted by Gasteiger charge is 2.28. The third-order valence-electron chi connectivity index (χ3n) is 3.73. The van der Waals surface area contributed by atoms with Crippen LogP contribution in [-0.4, -0.2) is 41.4 Å². The van der Waals surface area contributed by atoms with Crippen molar-refractivity contribution in [3.8, 4) is 0 Å². The molecule has 0 bridgehead atoms. The summed E-state index contributed by atoms with van der Waals surface area (Å²) in [4.78, 5) is 11.3. The molecule has 2 heterocycles. The lowest BCUT2D eigenvalue weighted by molar-refractivity contribution is 0.112. The van der Waals surface area contributed by atoms with Crippen molar-refractivity contribution in [1.29, 1.82) is 0 Å². The zero-order chi connectivity index (χ0) is 15.8. The summed E-state index contributed by atoms with van der Waals surface area (Å²) in [5, 5.41) is 4.27. The molecule has 0 N–H and O–H groups in total. The molecule has 2 aromatic rings. The number of sulfonamides is 1. The second-order valence-corrected chi connectivity index (χ2v) is 6.94. The minimum atomic E-state index is -3.34. The Labute approximate surface area is 124 Å². The smallest absolute Gasteiger partial charge is 0.211 e. The van der Waals surface area contributed by atoms with Gasteiger partial charge in [-0.05, 0) is 31.5 Å². The van der Waals surface area contributed by atoms with Gasteiger partial charge in [-0.15, -0.1) is 0 Å². The third-order valence-corrected chi connectivity index (χ3v) is 5.15. The average molecular weight is 309 g/mol. The van der Waals surface area contributed by atoms with Gasteiger partial charge < -0.3 is 0 Å². The predicted octanol–water partition coefficient (Wildman–Crippen LogP) is 1.80. The van der Waals surface area contributed by atoms with Gasteiger partial charge in [-0.1, -0.05) is 6.92 Å². The highest BCUT2D eigenvalue weighted by molar-refractivity contribution is 7.88. The maximum atomic E-state index is 11.9. The van der Waals surface area contributed by atoms with E-state index < -0.39 is 16.1 Å². The first-order chi connectivity index (χ1) is 9.82. The molecule has 0 saturated heterocycles. The lowest BCUT2D eigenvalue weighted by Crippen LogP contribution is -2.33. The Bertz CT molecular complexity index is 780. The first-order valence-corrected chi connectivity index (χ1v) is 8.56. The Kier molecular flexibility index (Phi) is 4.15. The summed E-state index contributed by atoms with van der Waals surface area (Å²) >= 11 is 0. The molecule has 0 aliphatic carbocycles. The summed E-state index contributed by atoms with van der Waals surface area (Å²) in [5.41, 5.74) is 2.73. The number of hydrogen-bond donors (Lipinski definition) is 0. The van der Waals surface area contributed by atoms with Crippen LogP contribution in [0.5, 0.6) is 0 Å². The fraction of sp³-hybridized carbons (Fsp3) is 0.429. The van der Waals surface area contributed by atoms with Crippen LogP contribution in [0.15, 0.2) is 18.3 Å². The second-order valence-electron chi connectivity index (χ2n) is 5.00. The van der Waals surface area contributed by atoms with Crippen molar-refractivity contribution in [2.24, 2.45) is 0 Å². The van der Waals surface area contributed by atoms with E-state index in [9.17, 15) is 13.2 Å². The van der Waals surface area contributed by atoms with Crippen LogP contribution in [-0.2, 0) is 10.0 Å². The summed E-state index contributed by atoms with van der Waals surface area (Å²) in [7, 11) is -3.34. The van der Waals surface area contributed by atoms with E-state index in [0.717, 1.165) is 17.5 Å². The normalized spacial score (nSPS) is 13.8. The molecule has 0 aromatic carbocycles. The van der Waals surface area contributed by atoms with E-state index in [1.165, 1.54) is 10.6 Å². The molecule has 0 fully saturated rings. The lowest BCUT2D eigenvalue weighted by Gasteiger charge is -2.25. The van der Waals surface area contributed by atoms with E-state index >= 15 is 0 Å². The summed E-state index contributed by atoms with van der Waals surface area (Å²) in [6.07, 6.45) is 3.60.